The lowest BCUT2D eigenvalue weighted by Crippen LogP contribution is -2.27. The topological polar surface area (TPSA) is 102 Å². The summed E-state index contributed by atoms with van der Waals surface area (Å²) < 4.78 is 36.2. The second kappa shape index (κ2) is 7.22. The smallest absolute Gasteiger partial charge is 0.339 e. The fourth-order valence-corrected chi connectivity index (χ4v) is 2.54. The Kier molecular flexibility index (Phi) is 5.93. The predicted octanol–water partition coefficient (Wildman–Crippen LogP) is 0.708. The average molecular weight is 303 g/mol. The van der Waals surface area contributed by atoms with E-state index in [2.05, 4.69) is 4.72 Å². The third-order valence-corrected chi connectivity index (χ3v) is 3.91. The van der Waals surface area contributed by atoms with Gasteiger partial charge in [-0.05, 0) is 25.1 Å². The Morgan fingerprint density at radius 3 is 2.65 bits per heavy atom. The van der Waals surface area contributed by atoms with Crippen molar-refractivity contribution >= 4 is 16.0 Å². The molecule has 1 aromatic rings. The number of aromatic carboxylic acids is 1. The number of carboxylic acid groups (broad SMARTS) is 1. The maximum absolute atomic E-state index is 12.0. The number of sulfonamides is 1. The molecule has 0 bridgehead atoms. The van der Waals surface area contributed by atoms with Crippen LogP contribution in [0.2, 0.25) is 0 Å². The fourth-order valence-electron chi connectivity index (χ4n) is 1.50. The molecule has 112 valence electrons. The van der Waals surface area contributed by atoms with Crippen LogP contribution in [0, 0.1) is 0 Å². The Labute approximate surface area is 117 Å². The van der Waals surface area contributed by atoms with Crippen molar-refractivity contribution in [1.82, 2.24) is 4.72 Å². The average Bonchev–Trinajstić information content (AvgIpc) is 2.42. The molecule has 0 amide bonds. The third-order valence-electron chi connectivity index (χ3n) is 2.45. The molecule has 0 aliphatic heterocycles. The first-order valence-electron chi connectivity index (χ1n) is 5.91. The van der Waals surface area contributed by atoms with Crippen molar-refractivity contribution in [1.29, 1.82) is 0 Å². The van der Waals surface area contributed by atoms with Gasteiger partial charge in [-0.3, -0.25) is 0 Å². The van der Waals surface area contributed by atoms with Crippen molar-refractivity contribution in [2.75, 3.05) is 26.9 Å². The van der Waals surface area contributed by atoms with Crippen molar-refractivity contribution in [2.45, 2.75) is 11.8 Å². The predicted molar refractivity (Wildman–Crippen MR) is 71.6 cm³/mol. The van der Waals surface area contributed by atoms with Crippen LogP contribution in [0.25, 0.3) is 0 Å². The van der Waals surface area contributed by atoms with Crippen molar-refractivity contribution in [2.24, 2.45) is 0 Å². The molecule has 0 fully saturated rings. The fraction of sp³-hybridized carbons (Fsp3) is 0.417. The van der Waals surface area contributed by atoms with Crippen LogP contribution in [-0.4, -0.2) is 46.4 Å². The van der Waals surface area contributed by atoms with Gasteiger partial charge in [0, 0.05) is 13.2 Å². The molecule has 0 unspecified atom stereocenters. The zero-order chi connectivity index (χ0) is 15.2. The van der Waals surface area contributed by atoms with Crippen LogP contribution < -0.4 is 9.46 Å². The monoisotopic (exact) mass is 303 g/mol. The molecule has 0 saturated heterocycles. The molecule has 20 heavy (non-hydrogen) atoms. The minimum atomic E-state index is -3.77. The van der Waals surface area contributed by atoms with Gasteiger partial charge < -0.3 is 14.6 Å². The first kappa shape index (κ1) is 16.4. The molecule has 0 aromatic heterocycles. The Bertz CT molecular complexity index is 569. The van der Waals surface area contributed by atoms with Crippen molar-refractivity contribution in [3.05, 3.63) is 23.8 Å². The summed E-state index contributed by atoms with van der Waals surface area (Å²) in [4.78, 5) is 10.9. The SMILES string of the molecule is CCOCCNS(=O)(=O)c1ccc(OC)c(C(=O)O)c1. The number of benzene rings is 1. The van der Waals surface area contributed by atoms with Gasteiger partial charge in [-0.1, -0.05) is 0 Å². The number of carboxylic acids is 1. The number of ether oxygens (including phenoxy) is 2. The minimum Gasteiger partial charge on any atom is -0.496 e. The molecule has 0 radical (unpaired) electrons. The summed E-state index contributed by atoms with van der Waals surface area (Å²) >= 11 is 0. The van der Waals surface area contributed by atoms with E-state index in [1.165, 1.54) is 19.2 Å². The maximum atomic E-state index is 12.0. The van der Waals surface area contributed by atoms with E-state index in [4.69, 9.17) is 14.6 Å². The molecule has 2 N–H and O–H groups in total. The third kappa shape index (κ3) is 4.19. The molecule has 7 nitrogen and oxygen atoms in total. The molecule has 8 heteroatoms. The second-order valence-electron chi connectivity index (χ2n) is 3.76. The first-order chi connectivity index (χ1) is 9.42. The van der Waals surface area contributed by atoms with Gasteiger partial charge in [-0.2, -0.15) is 0 Å². The number of methoxy groups -OCH3 is 1. The van der Waals surface area contributed by atoms with E-state index in [1.54, 1.807) is 6.92 Å². The molecule has 0 heterocycles. The molecule has 0 atom stereocenters. The van der Waals surface area contributed by atoms with Crippen LogP contribution in [0.1, 0.15) is 17.3 Å². The van der Waals surface area contributed by atoms with Crippen molar-refractivity contribution in [3.63, 3.8) is 0 Å². The van der Waals surface area contributed by atoms with E-state index in [0.29, 0.717) is 6.61 Å². The van der Waals surface area contributed by atoms with Gasteiger partial charge in [0.2, 0.25) is 10.0 Å². The van der Waals surface area contributed by atoms with Crippen LogP contribution in [0.15, 0.2) is 23.1 Å². The summed E-state index contributed by atoms with van der Waals surface area (Å²) in [6.45, 7) is 2.66. The standard InChI is InChI=1S/C12H17NO6S/c1-3-19-7-6-13-20(16,17)9-4-5-11(18-2)10(8-9)12(14)15/h4-5,8,13H,3,6-7H2,1-2H3,(H,14,15). The van der Waals surface area contributed by atoms with Gasteiger partial charge in [0.05, 0.1) is 18.6 Å². The summed E-state index contributed by atoms with van der Waals surface area (Å²) in [7, 11) is -2.45. The Balaban J connectivity index is 2.95. The summed E-state index contributed by atoms with van der Waals surface area (Å²) in [6, 6.07) is 3.65. The van der Waals surface area contributed by atoms with E-state index < -0.39 is 16.0 Å². The normalized spacial score (nSPS) is 11.3. The first-order valence-corrected chi connectivity index (χ1v) is 7.39. The highest BCUT2D eigenvalue weighted by Crippen LogP contribution is 2.22. The number of nitrogens with one attached hydrogen (secondary N) is 1. The van der Waals surface area contributed by atoms with Crippen molar-refractivity contribution in [3.8, 4) is 5.75 Å². The van der Waals surface area contributed by atoms with E-state index in [1.807, 2.05) is 0 Å². The molecule has 1 rings (SSSR count). The summed E-state index contributed by atoms with van der Waals surface area (Å²) in [5.41, 5.74) is -0.208. The van der Waals surface area contributed by atoms with Crippen LogP contribution >= 0.6 is 0 Å². The molecule has 0 aliphatic rings. The van der Waals surface area contributed by atoms with Crippen LogP contribution in [0.4, 0.5) is 0 Å². The lowest BCUT2D eigenvalue weighted by molar-refractivity contribution is 0.0693. The van der Waals surface area contributed by atoms with Crippen LogP contribution in [0.3, 0.4) is 0 Å². The second-order valence-corrected chi connectivity index (χ2v) is 5.53. The van der Waals surface area contributed by atoms with Gasteiger partial charge in [0.15, 0.2) is 0 Å². The highest BCUT2D eigenvalue weighted by molar-refractivity contribution is 7.89. The lowest BCUT2D eigenvalue weighted by Gasteiger charge is -2.09. The molecule has 0 aliphatic carbocycles. The molecule has 1 aromatic carbocycles. The Morgan fingerprint density at radius 1 is 1.40 bits per heavy atom. The van der Waals surface area contributed by atoms with Crippen LogP contribution in [0.5, 0.6) is 5.75 Å². The number of hydrogen-bond acceptors (Lipinski definition) is 5. The maximum Gasteiger partial charge on any atom is 0.339 e. The van der Waals surface area contributed by atoms with E-state index in [9.17, 15) is 13.2 Å². The minimum absolute atomic E-state index is 0.103. The zero-order valence-corrected chi connectivity index (χ0v) is 12.1. The quantitative estimate of drug-likeness (QED) is 0.686. The van der Waals surface area contributed by atoms with E-state index in [0.717, 1.165) is 6.07 Å². The van der Waals surface area contributed by atoms with Gasteiger partial charge in [0.25, 0.3) is 0 Å². The largest absolute Gasteiger partial charge is 0.496 e. The molecular formula is C12H17NO6S. The Hall–Kier alpha value is -1.64. The summed E-state index contributed by atoms with van der Waals surface area (Å²) in [5, 5.41) is 9.02. The van der Waals surface area contributed by atoms with Gasteiger partial charge in [0.1, 0.15) is 11.3 Å². The van der Waals surface area contributed by atoms with E-state index >= 15 is 0 Å². The van der Waals surface area contributed by atoms with Crippen molar-refractivity contribution < 1.29 is 27.8 Å². The van der Waals surface area contributed by atoms with Gasteiger partial charge in [-0.25, -0.2) is 17.9 Å². The summed E-state index contributed by atoms with van der Waals surface area (Å²) in [6.07, 6.45) is 0. The van der Waals surface area contributed by atoms with E-state index in [-0.39, 0.29) is 29.4 Å². The molecular weight excluding hydrogens is 286 g/mol. The number of rotatable bonds is 8. The van der Waals surface area contributed by atoms with Gasteiger partial charge in [-0.15, -0.1) is 0 Å². The zero-order valence-electron chi connectivity index (χ0n) is 11.3. The molecule has 0 spiro atoms. The lowest BCUT2D eigenvalue weighted by atomic mass is 10.2. The Morgan fingerprint density at radius 2 is 2.10 bits per heavy atom. The van der Waals surface area contributed by atoms with Gasteiger partial charge >= 0.3 is 5.97 Å². The number of carbonyl (C=O) groups is 1. The summed E-state index contributed by atoms with van der Waals surface area (Å²) in [5.74, 6) is -1.15. The van der Waals surface area contributed by atoms with Crippen LogP contribution in [-0.2, 0) is 14.8 Å². The highest BCUT2D eigenvalue weighted by atomic mass is 32.2. The number of hydrogen-bond donors (Lipinski definition) is 2. The molecule has 0 saturated carbocycles. The highest BCUT2D eigenvalue weighted by Gasteiger charge is 2.19.